The van der Waals surface area contributed by atoms with Crippen molar-refractivity contribution in [2.75, 3.05) is 19.6 Å². The minimum absolute atomic E-state index is 0.0251. The van der Waals surface area contributed by atoms with Crippen LogP contribution in [0.4, 0.5) is 0 Å². The Morgan fingerprint density at radius 1 is 1.10 bits per heavy atom. The first-order valence-corrected chi connectivity index (χ1v) is 11.0. The number of rotatable bonds is 4. The number of hydrogen-bond donors (Lipinski definition) is 0. The van der Waals surface area contributed by atoms with Gasteiger partial charge in [-0.1, -0.05) is 42.1 Å². The molecule has 2 amide bonds. The Balaban J connectivity index is 1.33. The number of piperazine rings is 1. The van der Waals surface area contributed by atoms with Gasteiger partial charge in [-0.05, 0) is 38.8 Å². The second-order valence-electron chi connectivity index (χ2n) is 8.61. The summed E-state index contributed by atoms with van der Waals surface area (Å²) in [6.45, 7) is 5.77. The van der Waals surface area contributed by atoms with Gasteiger partial charge in [-0.15, -0.1) is 0 Å². The van der Waals surface area contributed by atoms with E-state index in [1.807, 2.05) is 47.9 Å². The molecule has 1 aromatic carbocycles. The zero-order chi connectivity index (χ0) is 21.1. The van der Waals surface area contributed by atoms with E-state index in [0.29, 0.717) is 31.3 Å². The Morgan fingerprint density at radius 3 is 2.53 bits per heavy atom. The van der Waals surface area contributed by atoms with Crippen LogP contribution in [-0.4, -0.2) is 57.4 Å². The molecule has 1 aliphatic heterocycles. The smallest absolute Gasteiger partial charge is 0.257 e. The topological polar surface area (TPSA) is 79.5 Å². The number of carbonyl (C=O) groups excluding carboxylic acids is 2. The van der Waals surface area contributed by atoms with E-state index in [0.717, 1.165) is 36.8 Å². The number of aryl methyl sites for hydroxylation is 1. The van der Waals surface area contributed by atoms with Gasteiger partial charge in [0.2, 0.25) is 11.8 Å². The van der Waals surface area contributed by atoms with Crippen LogP contribution in [0.5, 0.6) is 0 Å². The minimum atomic E-state index is -0.0251. The number of benzene rings is 1. The molecule has 1 saturated carbocycles. The van der Waals surface area contributed by atoms with Gasteiger partial charge in [0.05, 0.1) is 6.42 Å². The molecule has 4 rings (SSSR count). The molecule has 7 nitrogen and oxygen atoms in total. The number of nitrogens with zero attached hydrogens (tertiary/aromatic N) is 4. The molecule has 1 aromatic heterocycles. The summed E-state index contributed by atoms with van der Waals surface area (Å²) in [7, 11) is 0. The first-order valence-electron chi connectivity index (χ1n) is 11.0. The maximum atomic E-state index is 12.9. The summed E-state index contributed by atoms with van der Waals surface area (Å²) in [6, 6.07) is 7.86. The zero-order valence-corrected chi connectivity index (χ0v) is 17.8. The Hall–Kier alpha value is -2.70. The van der Waals surface area contributed by atoms with Gasteiger partial charge in [0.1, 0.15) is 0 Å². The summed E-state index contributed by atoms with van der Waals surface area (Å²) < 4.78 is 5.33. The summed E-state index contributed by atoms with van der Waals surface area (Å²) in [5, 5.41) is 3.98. The molecule has 0 N–H and O–H groups in total. The van der Waals surface area contributed by atoms with E-state index in [-0.39, 0.29) is 30.2 Å². The van der Waals surface area contributed by atoms with Crippen LogP contribution < -0.4 is 0 Å². The first-order chi connectivity index (χ1) is 14.5. The second kappa shape index (κ2) is 8.98. The average Bonchev–Trinajstić information content (AvgIpc) is 3.22. The Morgan fingerprint density at radius 2 is 1.83 bits per heavy atom. The SMILES string of the molecule is Cc1ccc(-c2nc(CC(=O)N3CCN(C(=O)C4CCCCC4)[C@H](C)C3)no2)cc1. The van der Waals surface area contributed by atoms with Gasteiger partial charge in [0, 0.05) is 37.2 Å². The highest BCUT2D eigenvalue weighted by atomic mass is 16.5. The Bertz CT molecular complexity index is 886. The van der Waals surface area contributed by atoms with Gasteiger partial charge in [0.25, 0.3) is 5.89 Å². The van der Waals surface area contributed by atoms with Crippen LogP contribution in [-0.2, 0) is 16.0 Å². The largest absolute Gasteiger partial charge is 0.338 e. The average molecular weight is 411 g/mol. The van der Waals surface area contributed by atoms with Crippen LogP contribution in [0.15, 0.2) is 28.8 Å². The lowest BCUT2D eigenvalue weighted by Gasteiger charge is -2.41. The van der Waals surface area contributed by atoms with E-state index in [9.17, 15) is 9.59 Å². The van der Waals surface area contributed by atoms with Gasteiger partial charge >= 0.3 is 0 Å². The van der Waals surface area contributed by atoms with Crippen molar-refractivity contribution in [2.45, 2.75) is 58.4 Å². The molecule has 0 bridgehead atoms. The summed E-state index contributed by atoms with van der Waals surface area (Å²) in [6.07, 6.45) is 5.66. The number of hydrogen-bond acceptors (Lipinski definition) is 5. The molecule has 2 heterocycles. The lowest BCUT2D eigenvalue weighted by atomic mass is 9.88. The molecule has 1 atom stereocenters. The predicted octanol–water partition coefficient (Wildman–Crippen LogP) is 3.23. The van der Waals surface area contributed by atoms with Gasteiger partial charge in [0.15, 0.2) is 5.82 Å². The fourth-order valence-electron chi connectivity index (χ4n) is 4.48. The normalized spacial score (nSPS) is 20.4. The summed E-state index contributed by atoms with van der Waals surface area (Å²) in [5.41, 5.74) is 2.00. The van der Waals surface area contributed by atoms with E-state index in [1.54, 1.807) is 0 Å². The predicted molar refractivity (Wildman–Crippen MR) is 113 cm³/mol. The third-order valence-electron chi connectivity index (χ3n) is 6.29. The molecule has 0 radical (unpaired) electrons. The van der Waals surface area contributed by atoms with Crippen molar-refractivity contribution in [1.29, 1.82) is 0 Å². The number of aromatic nitrogens is 2. The van der Waals surface area contributed by atoms with Gasteiger partial charge < -0.3 is 14.3 Å². The number of carbonyl (C=O) groups is 2. The minimum Gasteiger partial charge on any atom is -0.338 e. The van der Waals surface area contributed by atoms with Crippen LogP contribution in [0.25, 0.3) is 11.5 Å². The first kappa shape index (κ1) is 20.6. The van der Waals surface area contributed by atoms with Gasteiger partial charge in [-0.25, -0.2) is 0 Å². The van der Waals surface area contributed by atoms with Crippen LogP contribution in [0.2, 0.25) is 0 Å². The molecule has 1 aliphatic carbocycles. The van der Waals surface area contributed by atoms with E-state index in [4.69, 9.17) is 4.52 Å². The van der Waals surface area contributed by atoms with Crippen LogP contribution in [0, 0.1) is 12.8 Å². The van der Waals surface area contributed by atoms with Crippen molar-refractivity contribution in [3.05, 3.63) is 35.7 Å². The van der Waals surface area contributed by atoms with Crippen LogP contribution in [0.1, 0.15) is 50.4 Å². The Kier molecular flexibility index (Phi) is 6.16. The van der Waals surface area contributed by atoms with Crippen molar-refractivity contribution in [3.63, 3.8) is 0 Å². The maximum Gasteiger partial charge on any atom is 0.257 e. The van der Waals surface area contributed by atoms with E-state index in [1.165, 1.54) is 6.42 Å². The van der Waals surface area contributed by atoms with E-state index < -0.39 is 0 Å². The molecule has 2 aliphatic rings. The monoisotopic (exact) mass is 410 g/mol. The molecule has 0 unspecified atom stereocenters. The summed E-state index contributed by atoms with van der Waals surface area (Å²) in [5.74, 6) is 1.24. The maximum absolute atomic E-state index is 12.9. The third kappa shape index (κ3) is 4.55. The highest BCUT2D eigenvalue weighted by Gasteiger charge is 2.33. The van der Waals surface area contributed by atoms with Gasteiger partial charge in [-0.2, -0.15) is 4.98 Å². The lowest BCUT2D eigenvalue weighted by Crippen LogP contribution is -2.57. The Labute approximate surface area is 177 Å². The van der Waals surface area contributed by atoms with Crippen molar-refractivity contribution in [3.8, 4) is 11.5 Å². The molecular weight excluding hydrogens is 380 g/mol. The molecule has 1 saturated heterocycles. The molecule has 30 heavy (non-hydrogen) atoms. The van der Waals surface area contributed by atoms with E-state index in [2.05, 4.69) is 10.1 Å². The molecule has 7 heteroatoms. The van der Waals surface area contributed by atoms with Crippen molar-refractivity contribution < 1.29 is 14.1 Å². The third-order valence-corrected chi connectivity index (χ3v) is 6.29. The summed E-state index contributed by atoms with van der Waals surface area (Å²) in [4.78, 5) is 33.8. The molecule has 160 valence electrons. The molecule has 0 spiro atoms. The highest BCUT2D eigenvalue weighted by Crippen LogP contribution is 2.27. The second-order valence-corrected chi connectivity index (χ2v) is 8.61. The standard InChI is InChI=1S/C23H30N4O3/c1-16-8-10-18(11-9-16)22-24-20(25-30-22)14-21(28)26-12-13-27(17(2)15-26)23(29)19-6-4-3-5-7-19/h8-11,17,19H,3-7,12-15H2,1-2H3/t17-/m1/s1. The van der Waals surface area contributed by atoms with Crippen molar-refractivity contribution in [2.24, 2.45) is 5.92 Å². The quantitative estimate of drug-likeness (QED) is 0.773. The lowest BCUT2D eigenvalue weighted by molar-refractivity contribution is -0.145. The molecule has 2 fully saturated rings. The molecular formula is C23H30N4O3. The highest BCUT2D eigenvalue weighted by molar-refractivity contribution is 5.81. The summed E-state index contributed by atoms with van der Waals surface area (Å²) >= 11 is 0. The van der Waals surface area contributed by atoms with Crippen molar-refractivity contribution >= 4 is 11.8 Å². The van der Waals surface area contributed by atoms with Crippen LogP contribution in [0.3, 0.4) is 0 Å². The van der Waals surface area contributed by atoms with Gasteiger partial charge in [-0.3, -0.25) is 9.59 Å². The van der Waals surface area contributed by atoms with Crippen LogP contribution >= 0.6 is 0 Å². The number of amides is 2. The van der Waals surface area contributed by atoms with E-state index >= 15 is 0 Å². The van der Waals surface area contributed by atoms with Crippen molar-refractivity contribution in [1.82, 2.24) is 19.9 Å². The fraction of sp³-hybridized carbons (Fsp3) is 0.565. The fourth-order valence-corrected chi connectivity index (χ4v) is 4.48. The molecule has 2 aromatic rings. The zero-order valence-electron chi connectivity index (χ0n) is 17.8.